The molecule has 1 heterocycles. The predicted molar refractivity (Wildman–Crippen MR) is 93.6 cm³/mol. The van der Waals surface area contributed by atoms with Gasteiger partial charge in [0, 0.05) is 17.2 Å². The van der Waals surface area contributed by atoms with Crippen LogP contribution >= 0.6 is 11.6 Å². The molecule has 8 nitrogen and oxygen atoms in total. The zero-order valence-corrected chi connectivity index (χ0v) is 13.8. The van der Waals surface area contributed by atoms with Gasteiger partial charge in [-0.3, -0.25) is 25.0 Å². The van der Waals surface area contributed by atoms with Gasteiger partial charge in [-0.2, -0.15) is 0 Å². The molecule has 1 fully saturated rings. The zero-order valence-electron chi connectivity index (χ0n) is 13.0. The number of nitro groups is 1. The molecule has 1 aliphatic rings. The molecule has 1 N–H and O–H groups in total. The van der Waals surface area contributed by atoms with Crippen LogP contribution in [0.1, 0.15) is 5.56 Å². The zero-order chi connectivity index (χ0) is 18.8. The van der Waals surface area contributed by atoms with Crippen LogP contribution in [-0.4, -0.2) is 22.8 Å². The van der Waals surface area contributed by atoms with Crippen LogP contribution in [0.5, 0.6) is 0 Å². The summed E-state index contributed by atoms with van der Waals surface area (Å²) in [7, 11) is 0. The van der Waals surface area contributed by atoms with E-state index in [1.54, 1.807) is 12.1 Å². The second-order valence-corrected chi connectivity index (χ2v) is 5.73. The smallest absolute Gasteiger partial charge is 0.273 e. The number of hydrogen-bond donors (Lipinski definition) is 1. The van der Waals surface area contributed by atoms with E-state index in [0.29, 0.717) is 5.02 Å². The molecule has 2 aromatic carbocycles. The minimum absolute atomic E-state index is 0.189. The molecule has 4 amide bonds. The number of hydrogen-bond acceptors (Lipinski definition) is 5. The van der Waals surface area contributed by atoms with Crippen LogP contribution in [0.25, 0.3) is 6.08 Å². The van der Waals surface area contributed by atoms with Crippen LogP contribution in [0.4, 0.5) is 16.2 Å². The van der Waals surface area contributed by atoms with Crippen molar-refractivity contribution in [2.24, 2.45) is 0 Å². The van der Waals surface area contributed by atoms with Gasteiger partial charge < -0.3 is 0 Å². The Kier molecular flexibility index (Phi) is 4.51. The number of nitrogens with one attached hydrogen (secondary N) is 1. The van der Waals surface area contributed by atoms with Crippen molar-refractivity contribution in [3.8, 4) is 0 Å². The van der Waals surface area contributed by atoms with Crippen molar-refractivity contribution in [3.05, 3.63) is 74.8 Å². The molecule has 130 valence electrons. The molecule has 2 aromatic rings. The van der Waals surface area contributed by atoms with E-state index in [1.165, 1.54) is 42.5 Å². The first kappa shape index (κ1) is 17.3. The number of barbiturate groups is 1. The van der Waals surface area contributed by atoms with E-state index in [9.17, 15) is 24.5 Å². The second-order valence-electron chi connectivity index (χ2n) is 5.29. The van der Waals surface area contributed by atoms with E-state index in [1.807, 2.05) is 0 Å². The van der Waals surface area contributed by atoms with Crippen molar-refractivity contribution >= 4 is 46.9 Å². The molecule has 9 heteroatoms. The van der Waals surface area contributed by atoms with E-state index >= 15 is 0 Å². The molecule has 0 saturated carbocycles. The lowest BCUT2D eigenvalue weighted by Gasteiger charge is -2.26. The Bertz CT molecular complexity index is 986. The fraction of sp³-hybridized carbons (Fsp3) is 0. The molecule has 1 aliphatic heterocycles. The Morgan fingerprint density at radius 2 is 1.81 bits per heavy atom. The molecule has 0 unspecified atom stereocenters. The molecule has 1 saturated heterocycles. The number of nitro benzene ring substituents is 1. The van der Waals surface area contributed by atoms with Gasteiger partial charge in [0.1, 0.15) is 5.57 Å². The maximum absolute atomic E-state index is 12.7. The second kappa shape index (κ2) is 6.77. The van der Waals surface area contributed by atoms with Crippen molar-refractivity contribution < 1.29 is 19.3 Å². The van der Waals surface area contributed by atoms with Crippen LogP contribution < -0.4 is 10.2 Å². The number of amides is 4. The lowest BCUT2D eigenvalue weighted by molar-refractivity contribution is -0.384. The lowest BCUT2D eigenvalue weighted by atomic mass is 10.1. The normalized spacial score (nSPS) is 16.0. The Labute approximate surface area is 151 Å². The standard InChI is InChI=1S/C17H10ClN3O5/c18-11-4-2-5-12(9-11)20-16(23)14(15(22)19-17(20)24)8-10-3-1-6-13(7-10)21(25)26/h1-9H,(H,19,22,24)/b14-8+. The summed E-state index contributed by atoms with van der Waals surface area (Å²) in [5.41, 5.74) is -0.0496. The summed E-state index contributed by atoms with van der Waals surface area (Å²) in [6.07, 6.45) is 1.19. The number of nitrogens with zero attached hydrogens (tertiary/aromatic N) is 2. The minimum Gasteiger partial charge on any atom is -0.273 e. The van der Waals surface area contributed by atoms with E-state index in [-0.39, 0.29) is 22.5 Å². The third kappa shape index (κ3) is 3.31. The molecule has 0 aliphatic carbocycles. The summed E-state index contributed by atoms with van der Waals surface area (Å²) in [5.74, 6) is -1.74. The quantitative estimate of drug-likeness (QED) is 0.386. The van der Waals surface area contributed by atoms with Crippen LogP contribution in [0.3, 0.4) is 0 Å². The fourth-order valence-electron chi connectivity index (χ4n) is 2.40. The topological polar surface area (TPSA) is 110 Å². The Balaban J connectivity index is 2.03. The SMILES string of the molecule is O=C1NC(=O)N(c2cccc(Cl)c2)C(=O)/C1=C/c1cccc([N+](=O)[O-])c1. The maximum Gasteiger partial charge on any atom is 0.335 e. The number of carbonyl (C=O) groups excluding carboxylic acids is 3. The van der Waals surface area contributed by atoms with E-state index in [4.69, 9.17) is 11.6 Å². The van der Waals surface area contributed by atoms with Crippen molar-refractivity contribution in [1.82, 2.24) is 5.32 Å². The number of carbonyl (C=O) groups is 3. The average Bonchev–Trinajstić information content (AvgIpc) is 2.59. The highest BCUT2D eigenvalue weighted by atomic mass is 35.5. The van der Waals surface area contributed by atoms with Crippen LogP contribution in [0.2, 0.25) is 5.02 Å². The molecule has 0 radical (unpaired) electrons. The molecular weight excluding hydrogens is 362 g/mol. The van der Waals surface area contributed by atoms with Gasteiger partial charge in [-0.1, -0.05) is 29.8 Å². The number of rotatable bonds is 3. The van der Waals surface area contributed by atoms with Crippen molar-refractivity contribution in [2.75, 3.05) is 4.90 Å². The van der Waals surface area contributed by atoms with Gasteiger partial charge in [-0.05, 0) is 29.8 Å². The predicted octanol–water partition coefficient (Wildman–Crippen LogP) is 2.91. The summed E-state index contributed by atoms with van der Waals surface area (Å²) < 4.78 is 0. The average molecular weight is 372 g/mol. The maximum atomic E-state index is 12.7. The molecule has 0 spiro atoms. The Hall–Kier alpha value is -3.52. The molecule has 0 aromatic heterocycles. The summed E-state index contributed by atoms with van der Waals surface area (Å²) in [6.45, 7) is 0. The Morgan fingerprint density at radius 1 is 1.08 bits per heavy atom. The van der Waals surface area contributed by atoms with Crippen molar-refractivity contribution in [2.45, 2.75) is 0 Å². The highest BCUT2D eigenvalue weighted by Gasteiger charge is 2.36. The summed E-state index contributed by atoms with van der Waals surface area (Å²) in [5, 5.41) is 13.2. The van der Waals surface area contributed by atoms with E-state index in [0.717, 1.165) is 4.90 Å². The van der Waals surface area contributed by atoms with Gasteiger partial charge in [0.2, 0.25) is 0 Å². The van der Waals surface area contributed by atoms with Gasteiger partial charge in [0.15, 0.2) is 0 Å². The van der Waals surface area contributed by atoms with Crippen LogP contribution in [0.15, 0.2) is 54.1 Å². The molecular formula is C17H10ClN3O5. The van der Waals surface area contributed by atoms with Gasteiger partial charge in [-0.15, -0.1) is 0 Å². The van der Waals surface area contributed by atoms with Crippen molar-refractivity contribution in [3.63, 3.8) is 0 Å². The third-order valence-corrected chi connectivity index (χ3v) is 3.80. The monoisotopic (exact) mass is 371 g/mol. The molecule has 26 heavy (non-hydrogen) atoms. The summed E-state index contributed by atoms with van der Waals surface area (Å²) in [4.78, 5) is 47.9. The van der Waals surface area contributed by atoms with Gasteiger partial charge >= 0.3 is 6.03 Å². The highest BCUT2D eigenvalue weighted by molar-refractivity contribution is 6.39. The first-order valence-electron chi connectivity index (χ1n) is 7.28. The summed E-state index contributed by atoms with van der Waals surface area (Å²) in [6, 6.07) is 10.5. The number of non-ortho nitro benzene ring substituents is 1. The largest absolute Gasteiger partial charge is 0.335 e. The first-order valence-corrected chi connectivity index (χ1v) is 7.66. The fourth-order valence-corrected chi connectivity index (χ4v) is 2.59. The number of anilines is 1. The Morgan fingerprint density at radius 3 is 2.50 bits per heavy atom. The number of halogens is 1. The lowest BCUT2D eigenvalue weighted by Crippen LogP contribution is -2.54. The van der Waals surface area contributed by atoms with E-state index < -0.39 is 22.8 Å². The van der Waals surface area contributed by atoms with Crippen molar-refractivity contribution in [1.29, 1.82) is 0 Å². The molecule has 3 rings (SSSR count). The van der Waals surface area contributed by atoms with Gasteiger partial charge in [-0.25, -0.2) is 9.69 Å². The highest BCUT2D eigenvalue weighted by Crippen LogP contribution is 2.25. The number of imide groups is 2. The van der Waals surface area contributed by atoms with Gasteiger partial charge in [0.05, 0.1) is 10.6 Å². The summed E-state index contributed by atoms with van der Waals surface area (Å²) >= 11 is 5.89. The van der Waals surface area contributed by atoms with Crippen LogP contribution in [-0.2, 0) is 9.59 Å². The minimum atomic E-state index is -0.904. The van der Waals surface area contributed by atoms with Gasteiger partial charge in [0.25, 0.3) is 17.5 Å². The van der Waals surface area contributed by atoms with Crippen LogP contribution in [0, 0.1) is 10.1 Å². The van der Waals surface area contributed by atoms with E-state index in [2.05, 4.69) is 5.32 Å². The molecule has 0 bridgehead atoms. The molecule has 0 atom stereocenters. The number of urea groups is 1. The first-order chi connectivity index (χ1) is 12.4. The number of benzene rings is 2. The third-order valence-electron chi connectivity index (χ3n) is 3.56.